The van der Waals surface area contributed by atoms with Gasteiger partial charge in [-0.2, -0.15) is 0 Å². The fourth-order valence-electron chi connectivity index (χ4n) is 2.32. The van der Waals surface area contributed by atoms with E-state index in [1.54, 1.807) is 18.3 Å². The molecule has 1 N–H and O–H groups in total. The van der Waals surface area contributed by atoms with Gasteiger partial charge in [0.25, 0.3) is 5.91 Å². The Morgan fingerprint density at radius 2 is 2.30 bits per heavy atom. The molecule has 2 aromatic heterocycles. The summed E-state index contributed by atoms with van der Waals surface area (Å²) in [6.45, 7) is 1.70. The Kier molecular flexibility index (Phi) is 3.89. The molecule has 1 aliphatic heterocycles. The number of halogens is 1. The Labute approximate surface area is 126 Å². The average Bonchev–Trinajstić information content (AvgIpc) is 3.09. The summed E-state index contributed by atoms with van der Waals surface area (Å²) < 4.78 is 0.636. The number of carbonyl (C=O) groups excluding carboxylic acids is 1. The zero-order chi connectivity index (χ0) is 13.9. The lowest BCUT2D eigenvalue weighted by Gasteiger charge is -2.17. The van der Waals surface area contributed by atoms with Gasteiger partial charge < -0.3 is 10.2 Å². The molecule has 0 bridgehead atoms. The van der Waals surface area contributed by atoms with Crippen molar-refractivity contribution in [3.8, 4) is 0 Å². The summed E-state index contributed by atoms with van der Waals surface area (Å²) in [5.74, 6) is 0.915. The monoisotopic (exact) mass is 307 g/mol. The lowest BCUT2D eigenvalue weighted by molar-refractivity contribution is 0.0944. The predicted octanol–water partition coefficient (Wildman–Crippen LogP) is 2.81. The number of thiophene rings is 1. The van der Waals surface area contributed by atoms with E-state index in [4.69, 9.17) is 11.6 Å². The fraction of sp³-hybridized carbons (Fsp3) is 0.286. The quantitative estimate of drug-likeness (QED) is 0.948. The van der Waals surface area contributed by atoms with Crippen molar-refractivity contribution >= 4 is 34.7 Å². The van der Waals surface area contributed by atoms with Crippen molar-refractivity contribution < 1.29 is 4.79 Å². The van der Waals surface area contributed by atoms with Gasteiger partial charge in [-0.15, -0.1) is 11.3 Å². The van der Waals surface area contributed by atoms with Crippen LogP contribution in [0, 0.1) is 0 Å². The molecule has 0 saturated carbocycles. The van der Waals surface area contributed by atoms with Crippen LogP contribution in [0.25, 0.3) is 0 Å². The number of aromatic nitrogens is 1. The van der Waals surface area contributed by atoms with Gasteiger partial charge in [0, 0.05) is 25.3 Å². The topological polar surface area (TPSA) is 45.2 Å². The van der Waals surface area contributed by atoms with Gasteiger partial charge in [0.2, 0.25) is 0 Å². The standard InChI is InChI=1S/C14H14ClN3OS/c15-12-5-4-11(20-12)14(19)17-10-6-8-18(9-10)13-3-1-2-7-16-13/h1-5,7,10H,6,8-9H2,(H,17,19). The summed E-state index contributed by atoms with van der Waals surface area (Å²) in [4.78, 5) is 19.2. The SMILES string of the molecule is O=C(NC1CCN(c2ccccn2)C1)c1ccc(Cl)s1. The number of nitrogens with zero attached hydrogens (tertiary/aromatic N) is 2. The summed E-state index contributed by atoms with van der Waals surface area (Å²) in [6.07, 6.45) is 2.72. The number of rotatable bonds is 3. The van der Waals surface area contributed by atoms with Crippen LogP contribution in [0.4, 0.5) is 5.82 Å². The van der Waals surface area contributed by atoms with Crippen molar-refractivity contribution in [3.63, 3.8) is 0 Å². The molecule has 0 radical (unpaired) electrons. The number of hydrogen-bond acceptors (Lipinski definition) is 4. The van der Waals surface area contributed by atoms with E-state index in [0.717, 1.165) is 25.3 Å². The van der Waals surface area contributed by atoms with Gasteiger partial charge in [-0.05, 0) is 30.7 Å². The summed E-state index contributed by atoms with van der Waals surface area (Å²) in [6, 6.07) is 9.53. The highest BCUT2D eigenvalue weighted by atomic mass is 35.5. The first-order chi connectivity index (χ1) is 9.72. The molecule has 104 valence electrons. The first-order valence-corrected chi connectivity index (χ1v) is 7.64. The third-order valence-electron chi connectivity index (χ3n) is 3.29. The minimum absolute atomic E-state index is 0.0465. The highest BCUT2D eigenvalue weighted by Crippen LogP contribution is 2.22. The van der Waals surface area contributed by atoms with Crippen molar-refractivity contribution in [1.29, 1.82) is 0 Å². The van der Waals surface area contributed by atoms with Crippen LogP contribution in [0.2, 0.25) is 4.34 Å². The Balaban J connectivity index is 1.59. The molecule has 0 spiro atoms. The van der Waals surface area contributed by atoms with Crippen LogP contribution in [0.1, 0.15) is 16.1 Å². The Bertz CT molecular complexity index is 601. The molecule has 0 aromatic carbocycles. The van der Waals surface area contributed by atoms with E-state index in [2.05, 4.69) is 15.2 Å². The molecule has 20 heavy (non-hydrogen) atoms. The second kappa shape index (κ2) is 5.81. The zero-order valence-corrected chi connectivity index (χ0v) is 12.3. The molecule has 1 atom stereocenters. The van der Waals surface area contributed by atoms with Crippen LogP contribution in [0.5, 0.6) is 0 Å². The molecular formula is C14H14ClN3OS. The zero-order valence-electron chi connectivity index (χ0n) is 10.8. The largest absolute Gasteiger partial charge is 0.354 e. The first-order valence-electron chi connectivity index (χ1n) is 6.44. The van der Waals surface area contributed by atoms with E-state index in [0.29, 0.717) is 9.21 Å². The highest BCUT2D eigenvalue weighted by Gasteiger charge is 2.25. The smallest absolute Gasteiger partial charge is 0.261 e. The first kappa shape index (κ1) is 13.4. The molecule has 1 fully saturated rings. The maximum absolute atomic E-state index is 12.1. The van der Waals surface area contributed by atoms with E-state index in [9.17, 15) is 4.79 Å². The molecule has 4 nitrogen and oxygen atoms in total. The number of amides is 1. The number of nitrogens with one attached hydrogen (secondary N) is 1. The van der Waals surface area contributed by atoms with Gasteiger partial charge in [0.15, 0.2) is 0 Å². The van der Waals surface area contributed by atoms with Gasteiger partial charge in [-0.25, -0.2) is 4.98 Å². The minimum atomic E-state index is -0.0465. The van der Waals surface area contributed by atoms with Gasteiger partial charge in [-0.3, -0.25) is 4.79 Å². The van der Waals surface area contributed by atoms with Crippen LogP contribution in [0.15, 0.2) is 36.5 Å². The van der Waals surface area contributed by atoms with Gasteiger partial charge in [0.05, 0.1) is 9.21 Å². The number of anilines is 1. The lowest BCUT2D eigenvalue weighted by Crippen LogP contribution is -2.36. The van der Waals surface area contributed by atoms with Crippen LogP contribution in [-0.2, 0) is 0 Å². The maximum atomic E-state index is 12.1. The molecule has 6 heteroatoms. The van der Waals surface area contributed by atoms with Crippen molar-refractivity contribution in [2.24, 2.45) is 0 Å². The number of pyridine rings is 1. The molecule has 1 saturated heterocycles. The molecule has 1 aliphatic rings. The molecule has 3 heterocycles. The Morgan fingerprint density at radius 1 is 1.40 bits per heavy atom. The Hall–Kier alpha value is -1.59. The summed E-state index contributed by atoms with van der Waals surface area (Å²) in [7, 11) is 0. The fourth-order valence-corrected chi connectivity index (χ4v) is 3.27. The molecule has 0 aliphatic carbocycles. The highest BCUT2D eigenvalue weighted by molar-refractivity contribution is 7.17. The van der Waals surface area contributed by atoms with Crippen molar-refractivity contribution in [1.82, 2.24) is 10.3 Å². The predicted molar refractivity (Wildman–Crippen MR) is 81.7 cm³/mol. The number of carbonyl (C=O) groups is 1. The maximum Gasteiger partial charge on any atom is 0.261 e. The average molecular weight is 308 g/mol. The second-order valence-electron chi connectivity index (χ2n) is 4.70. The van der Waals surface area contributed by atoms with Gasteiger partial charge in [0.1, 0.15) is 5.82 Å². The molecular weight excluding hydrogens is 294 g/mol. The van der Waals surface area contributed by atoms with Crippen LogP contribution in [0.3, 0.4) is 0 Å². The van der Waals surface area contributed by atoms with E-state index < -0.39 is 0 Å². The molecule has 1 unspecified atom stereocenters. The van der Waals surface area contributed by atoms with E-state index in [1.807, 2.05) is 18.2 Å². The minimum Gasteiger partial charge on any atom is -0.354 e. The third kappa shape index (κ3) is 2.94. The van der Waals surface area contributed by atoms with Crippen molar-refractivity contribution in [2.75, 3.05) is 18.0 Å². The summed E-state index contributed by atoms with van der Waals surface area (Å²) in [5.41, 5.74) is 0. The molecule has 1 amide bonds. The van der Waals surface area contributed by atoms with Crippen LogP contribution in [-0.4, -0.2) is 30.0 Å². The van der Waals surface area contributed by atoms with Gasteiger partial charge in [-0.1, -0.05) is 17.7 Å². The normalized spacial score (nSPS) is 18.2. The summed E-state index contributed by atoms with van der Waals surface area (Å²) in [5, 5.41) is 3.05. The van der Waals surface area contributed by atoms with E-state index in [1.165, 1.54) is 11.3 Å². The van der Waals surface area contributed by atoms with Gasteiger partial charge >= 0.3 is 0 Å². The van der Waals surface area contributed by atoms with E-state index in [-0.39, 0.29) is 11.9 Å². The lowest BCUT2D eigenvalue weighted by atomic mass is 10.2. The Morgan fingerprint density at radius 3 is 3.00 bits per heavy atom. The third-order valence-corrected chi connectivity index (χ3v) is 4.52. The molecule has 3 rings (SSSR count). The summed E-state index contributed by atoms with van der Waals surface area (Å²) >= 11 is 7.15. The van der Waals surface area contributed by atoms with Crippen molar-refractivity contribution in [3.05, 3.63) is 45.7 Å². The second-order valence-corrected chi connectivity index (χ2v) is 6.41. The molecule has 2 aromatic rings. The van der Waals surface area contributed by atoms with Crippen LogP contribution >= 0.6 is 22.9 Å². The van der Waals surface area contributed by atoms with E-state index >= 15 is 0 Å². The van der Waals surface area contributed by atoms with Crippen LogP contribution < -0.4 is 10.2 Å². The van der Waals surface area contributed by atoms with Crippen molar-refractivity contribution in [2.45, 2.75) is 12.5 Å². The number of hydrogen-bond donors (Lipinski definition) is 1.